The van der Waals surface area contributed by atoms with Gasteiger partial charge in [0.05, 0.1) is 13.0 Å². The quantitative estimate of drug-likeness (QED) is 0.878. The van der Waals surface area contributed by atoms with Gasteiger partial charge < -0.3 is 15.2 Å². The molecule has 1 heterocycles. The van der Waals surface area contributed by atoms with Crippen LogP contribution in [0, 0.1) is 13.8 Å². The van der Waals surface area contributed by atoms with E-state index < -0.39 is 12.0 Å². The average Bonchev–Trinajstić information content (AvgIpc) is 2.99. The first kappa shape index (κ1) is 17.0. The highest BCUT2D eigenvalue weighted by Crippen LogP contribution is 2.26. The van der Waals surface area contributed by atoms with Crippen molar-refractivity contribution in [2.24, 2.45) is 0 Å². The zero-order valence-electron chi connectivity index (χ0n) is 14.3. The van der Waals surface area contributed by atoms with Gasteiger partial charge in [0.15, 0.2) is 6.04 Å². The predicted molar refractivity (Wildman–Crippen MR) is 93.8 cm³/mol. The summed E-state index contributed by atoms with van der Waals surface area (Å²) < 4.78 is 5.46. The van der Waals surface area contributed by atoms with E-state index in [9.17, 15) is 14.7 Å². The molecule has 0 saturated carbocycles. The summed E-state index contributed by atoms with van der Waals surface area (Å²) in [5.74, 6) is -0.520. The third-order valence-electron chi connectivity index (χ3n) is 4.25. The Morgan fingerprint density at radius 1 is 1.16 bits per heavy atom. The van der Waals surface area contributed by atoms with Crippen LogP contribution in [-0.4, -0.2) is 23.6 Å². The lowest BCUT2D eigenvalue weighted by Crippen LogP contribution is -2.34. The van der Waals surface area contributed by atoms with Gasteiger partial charge in [-0.3, -0.25) is 4.79 Å². The molecule has 0 aromatic heterocycles. The summed E-state index contributed by atoms with van der Waals surface area (Å²) in [4.78, 5) is 24.0. The Kier molecular flexibility index (Phi) is 4.74. The number of rotatable bonds is 5. The number of aryl methyl sites for hydroxylation is 2. The van der Waals surface area contributed by atoms with E-state index in [-0.39, 0.29) is 12.3 Å². The molecule has 1 unspecified atom stereocenters. The maximum absolute atomic E-state index is 12.4. The highest BCUT2D eigenvalue weighted by atomic mass is 16.5. The minimum Gasteiger partial charge on any atom is -0.493 e. The minimum atomic E-state index is -1.07. The van der Waals surface area contributed by atoms with Crippen molar-refractivity contribution in [1.82, 2.24) is 5.32 Å². The Hall–Kier alpha value is -2.82. The zero-order chi connectivity index (χ0) is 18.0. The number of hydrogen-bond donors (Lipinski definition) is 2. The van der Waals surface area contributed by atoms with Gasteiger partial charge in [-0.25, -0.2) is 4.79 Å². The van der Waals surface area contributed by atoms with Gasteiger partial charge in [-0.15, -0.1) is 0 Å². The minimum absolute atomic E-state index is 0.141. The first-order valence-corrected chi connectivity index (χ1v) is 8.27. The molecule has 2 aromatic rings. The first-order valence-electron chi connectivity index (χ1n) is 8.27. The Morgan fingerprint density at radius 2 is 1.88 bits per heavy atom. The van der Waals surface area contributed by atoms with Crippen LogP contribution in [0.3, 0.4) is 0 Å². The molecule has 1 aliphatic rings. The third kappa shape index (κ3) is 3.99. The highest BCUT2D eigenvalue weighted by Gasteiger charge is 2.23. The van der Waals surface area contributed by atoms with Crippen molar-refractivity contribution in [3.8, 4) is 5.75 Å². The number of benzene rings is 2. The van der Waals surface area contributed by atoms with Crippen molar-refractivity contribution in [3.05, 3.63) is 64.2 Å². The lowest BCUT2D eigenvalue weighted by Gasteiger charge is -2.16. The molecule has 1 aliphatic heterocycles. The first-order chi connectivity index (χ1) is 11.9. The molecule has 2 N–H and O–H groups in total. The van der Waals surface area contributed by atoms with Gasteiger partial charge in [-0.05, 0) is 36.6 Å². The summed E-state index contributed by atoms with van der Waals surface area (Å²) in [6, 6.07) is 10.2. The summed E-state index contributed by atoms with van der Waals surface area (Å²) in [6.07, 6.45) is 0.979. The molecule has 5 nitrogen and oxygen atoms in total. The van der Waals surface area contributed by atoms with Gasteiger partial charge in [0.1, 0.15) is 5.75 Å². The van der Waals surface area contributed by atoms with Crippen LogP contribution in [0.15, 0.2) is 36.4 Å². The number of aliphatic carboxylic acids is 1. The number of hydrogen-bond acceptors (Lipinski definition) is 3. The molecule has 1 atom stereocenters. The molecule has 5 heteroatoms. The molecule has 0 spiro atoms. The number of carbonyl (C=O) groups excluding carboxylic acids is 1. The number of nitrogens with one attached hydrogen (secondary N) is 1. The van der Waals surface area contributed by atoms with E-state index in [1.807, 2.05) is 38.1 Å². The van der Waals surface area contributed by atoms with E-state index in [0.717, 1.165) is 34.4 Å². The number of carbonyl (C=O) groups is 2. The second-order valence-corrected chi connectivity index (χ2v) is 6.48. The van der Waals surface area contributed by atoms with Gasteiger partial charge in [-0.2, -0.15) is 0 Å². The van der Waals surface area contributed by atoms with E-state index in [4.69, 9.17) is 4.74 Å². The molecule has 2 aromatic carbocycles. The number of amides is 1. The van der Waals surface area contributed by atoms with Crippen LogP contribution >= 0.6 is 0 Å². The second kappa shape index (κ2) is 6.97. The SMILES string of the molecule is Cc1cc(C)cc(C(NC(=O)Cc2ccc3c(c2)CCO3)C(=O)O)c1. The predicted octanol–water partition coefficient (Wildman–Crippen LogP) is 2.72. The van der Waals surface area contributed by atoms with E-state index >= 15 is 0 Å². The fraction of sp³-hybridized carbons (Fsp3) is 0.300. The Balaban J connectivity index is 1.74. The van der Waals surface area contributed by atoms with Gasteiger partial charge in [0.2, 0.25) is 5.91 Å². The van der Waals surface area contributed by atoms with Crippen LogP contribution in [0.2, 0.25) is 0 Å². The maximum atomic E-state index is 12.4. The van der Waals surface area contributed by atoms with Gasteiger partial charge >= 0.3 is 5.97 Å². The van der Waals surface area contributed by atoms with E-state index in [1.54, 1.807) is 12.1 Å². The summed E-state index contributed by atoms with van der Waals surface area (Å²) in [5, 5.41) is 12.2. The monoisotopic (exact) mass is 339 g/mol. The number of carboxylic acid groups (broad SMARTS) is 1. The van der Waals surface area contributed by atoms with Gasteiger partial charge in [-0.1, -0.05) is 41.5 Å². The van der Waals surface area contributed by atoms with E-state index in [1.165, 1.54) is 0 Å². The molecule has 0 saturated heterocycles. The lowest BCUT2D eigenvalue weighted by molar-refractivity contribution is -0.141. The molecule has 0 radical (unpaired) electrons. The van der Waals surface area contributed by atoms with E-state index in [2.05, 4.69) is 5.32 Å². The molecule has 1 amide bonds. The second-order valence-electron chi connectivity index (χ2n) is 6.48. The molecule has 25 heavy (non-hydrogen) atoms. The summed E-state index contributed by atoms with van der Waals surface area (Å²) in [5.41, 5.74) is 4.46. The normalized spacial score (nSPS) is 13.7. The van der Waals surface area contributed by atoms with Crippen LogP contribution in [0.4, 0.5) is 0 Å². The van der Waals surface area contributed by atoms with Crippen molar-refractivity contribution < 1.29 is 19.4 Å². The zero-order valence-corrected chi connectivity index (χ0v) is 14.3. The van der Waals surface area contributed by atoms with Crippen LogP contribution in [0.1, 0.15) is 33.9 Å². The van der Waals surface area contributed by atoms with E-state index in [0.29, 0.717) is 12.2 Å². The molecule has 0 bridgehead atoms. The number of carboxylic acids is 1. The Bertz CT molecular complexity index is 808. The average molecular weight is 339 g/mol. The van der Waals surface area contributed by atoms with Crippen molar-refractivity contribution in [2.45, 2.75) is 32.7 Å². The van der Waals surface area contributed by atoms with Gasteiger partial charge in [0, 0.05) is 6.42 Å². The Labute approximate surface area is 146 Å². The smallest absolute Gasteiger partial charge is 0.330 e. The van der Waals surface area contributed by atoms with Crippen LogP contribution < -0.4 is 10.1 Å². The highest BCUT2D eigenvalue weighted by molar-refractivity contribution is 5.85. The fourth-order valence-electron chi connectivity index (χ4n) is 3.21. The number of ether oxygens (including phenoxy) is 1. The van der Waals surface area contributed by atoms with Crippen molar-refractivity contribution in [2.75, 3.05) is 6.61 Å². The van der Waals surface area contributed by atoms with Crippen molar-refractivity contribution in [3.63, 3.8) is 0 Å². The fourth-order valence-corrected chi connectivity index (χ4v) is 3.21. The summed E-state index contributed by atoms with van der Waals surface area (Å²) in [6.45, 7) is 4.48. The van der Waals surface area contributed by atoms with Crippen molar-refractivity contribution in [1.29, 1.82) is 0 Å². The molecular formula is C20H21NO4. The molecule has 0 fully saturated rings. The molecule has 3 rings (SSSR count). The summed E-state index contributed by atoms with van der Waals surface area (Å²) >= 11 is 0. The molecular weight excluding hydrogens is 318 g/mol. The molecule has 130 valence electrons. The van der Waals surface area contributed by atoms with Crippen molar-refractivity contribution >= 4 is 11.9 Å². The maximum Gasteiger partial charge on any atom is 0.330 e. The van der Waals surface area contributed by atoms with Crippen LogP contribution in [0.25, 0.3) is 0 Å². The van der Waals surface area contributed by atoms with Crippen LogP contribution in [0.5, 0.6) is 5.75 Å². The lowest BCUT2D eigenvalue weighted by atomic mass is 10.0. The largest absolute Gasteiger partial charge is 0.493 e. The molecule has 0 aliphatic carbocycles. The summed E-state index contributed by atoms with van der Waals surface area (Å²) in [7, 11) is 0. The van der Waals surface area contributed by atoms with Gasteiger partial charge in [0.25, 0.3) is 0 Å². The number of fused-ring (bicyclic) bond motifs is 1. The standard InChI is InChI=1S/C20H21NO4/c1-12-7-13(2)9-16(8-12)19(20(23)24)21-18(22)11-14-3-4-17-15(10-14)5-6-25-17/h3-4,7-10,19H,5-6,11H2,1-2H3,(H,21,22)(H,23,24). The van der Waals surface area contributed by atoms with Crippen LogP contribution in [-0.2, 0) is 22.4 Å². The topological polar surface area (TPSA) is 75.6 Å². The Morgan fingerprint density at radius 3 is 2.56 bits per heavy atom. The third-order valence-corrected chi connectivity index (χ3v) is 4.25.